The van der Waals surface area contributed by atoms with E-state index in [1.54, 1.807) is 17.2 Å². The molecule has 0 atom stereocenters. The van der Waals surface area contributed by atoms with Crippen molar-refractivity contribution in [2.45, 2.75) is 26.3 Å². The van der Waals surface area contributed by atoms with Crippen LogP contribution in [0.25, 0.3) is 45.1 Å². The van der Waals surface area contributed by atoms with Crippen LogP contribution in [0.4, 0.5) is 8.78 Å². The number of halogens is 2. The van der Waals surface area contributed by atoms with E-state index in [1.807, 2.05) is 55.1 Å². The first-order chi connectivity index (χ1) is 15.5. The smallest absolute Gasteiger partial charge is 0.240 e. The Hall–Kier alpha value is -3.88. The monoisotopic (exact) mass is 434 g/mol. The molecule has 0 radical (unpaired) electrons. The van der Waals surface area contributed by atoms with Crippen LogP contribution >= 0.6 is 0 Å². The third-order valence-corrected chi connectivity index (χ3v) is 5.20. The summed E-state index contributed by atoms with van der Waals surface area (Å²) in [6.45, 7) is 2.11. The van der Waals surface area contributed by atoms with E-state index in [2.05, 4.69) is 20.1 Å². The fourth-order valence-corrected chi connectivity index (χ4v) is 3.60. The number of imidazole rings is 1. The summed E-state index contributed by atoms with van der Waals surface area (Å²) in [6.07, 6.45) is 4.06. The number of furan rings is 1. The van der Waals surface area contributed by atoms with Crippen molar-refractivity contribution in [1.82, 2.24) is 29.3 Å². The Morgan fingerprint density at radius 2 is 1.84 bits per heavy atom. The molecule has 0 aliphatic heterocycles. The summed E-state index contributed by atoms with van der Waals surface area (Å²) in [6, 6.07) is 9.76. The van der Waals surface area contributed by atoms with Crippen LogP contribution < -0.4 is 0 Å². The molecular weight excluding hydrogens is 414 g/mol. The minimum atomic E-state index is -2.40. The van der Waals surface area contributed by atoms with Crippen LogP contribution in [0.3, 0.4) is 0 Å². The lowest BCUT2D eigenvalue weighted by Crippen LogP contribution is -2.03. The van der Waals surface area contributed by atoms with Crippen molar-refractivity contribution < 1.29 is 13.2 Å². The number of nitrogens with zero attached hydrogens (tertiary/aromatic N) is 6. The molecule has 0 spiro atoms. The molecule has 0 saturated heterocycles. The average molecular weight is 434 g/mol. The predicted molar refractivity (Wildman–Crippen MR) is 116 cm³/mol. The highest BCUT2D eigenvalue weighted by molar-refractivity contribution is 5.95. The van der Waals surface area contributed by atoms with E-state index in [0.29, 0.717) is 33.9 Å². The first-order valence-corrected chi connectivity index (χ1v) is 10.1. The maximum atomic E-state index is 12.8. The zero-order chi connectivity index (χ0) is 22.2. The van der Waals surface area contributed by atoms with Gasteiger partial charge in [-0.05, 0) is 13.0 Å². The predicted octanol–water partition coefficient (Wildman–Crippen LogP) is 5.12. The quantitative estimate of drug-likeness (QED) is 0.371. The molecule has 162 valence electrons. The van der Waals surface area contributed by atoms with Gasteiger partial charge in [-0.25, -0.2) is 23.7 Å². The van der Waals surface area contributed by atoms with Gasteiger partial charge in [0.1, 0.15) is 17.7 Å². The molecule has 9 heteroatoms. The van der Waals surface area contributed by atoms with E-state index >= 15 is 0 Å². The second-order valence-electron chi connectivity index (χ2n) is 7.68. The highest BCUT2D eigenvalue weighted by Crippen LogP contribution is 2.36. The molecule has 0 aliphatic rings. The average Bonchev–Trinajstić information content (AvgIpc) is 3.50. The molecule has 5 aromatic rings. The molecule has 32 heavy (non-hydrogen) atoms. The van der Waals surface area contributed by atoms with Crippen molar-refractivity contribution in [3.63, 3.8) is 0 Å². The fourth-order valence-electron chi connectivity index (χ4n) is 3.60. The number of benzene rings is 1. The van der Waals surface area contributed by atoms with E-state index in [1.165, 1.54) is 6.33 Å². The summed E-state index contributed by atoms with van der Waals surface area (Å²) < 4.78 is 34.9. The molecule has 0 bridgehead atoms. The first kappa shape index (κ1) is 20.0. The normalized spacial score (nSPS) is 11.7. The summed E-state index contributed by atoms with van der Waals surface area (Å²) >= 11 is 0. The molecule has 0 unspecified atom stereocenters. The van der Waals surface area contributed by atoms with Gasteiger partial charge in [-0.3, -0.25) is 4.68 Å². The minimum Gasteiger partial charge on any atom is -0.436 e. The van der Waals surface area contributed by atoms with Gasteiger partial charge < -0.3 is 8.98 Å². The summed E-state index contributed by atoms with van der Waals surface area (Å²) in [5.41, 5.74) is 5.12. The summed E-state index contributed by atoms with van der Waals surface area (Å²) in [7, 11) is 1.88. The van der Waals surface area contributed by atoms with E-state index in [4.69, 9.17) is 4.42 Å². The Balaban J connectivity index is 1.65. The van der Waals surface area contributed by atoms with Gasteiger partial charge in [0.05, 0.1) is 17.4 Å². The zero-order valence-corrected chi connectivity index (χ0v) is 17.5. The van der Waals surface area contributed by atoms with Crippen molar-refractivity contribution >= 4 is 11.1 Å². The third-order valence-electron chi connectivity index (χ3n) is 5.20. The number of hydrogen-bond donors (Lipinski definition) is 0. The lowest BCUT2D eigenvalue weighted by molar-refractivity contribution is 0.130. The molecule has 5 rings (SSSR count). The Morgan fingerprint density at radius 1 is 1.03 bits per heavy atom. The molecule has 0 N–H and O–H groups in total. The molecule has 4 aromatic heterocycles. The van der Waals surface area contributed by atoms with Gasteiger partial charge in [0.25, 0.3) is 0 Å². The molecule has 1 aromatic carbocycles. The van der Waals surface area contributed by atoms with Gasteiger partial charge in [0.2, 0.25) is 12.1 Å². The Morgan fingerprint density at radius 3 is 2.56 bits per heavy atom. The van der Waals surface area contributed by atoms with Crippen LogP contribution in [0.2, 0.25) is 0 Å². The van der Waals surface area contributed by atoms with Gasteiger partial charge in [-0.1, -0.05) is 29.8 Å². The lowest BCUT2D eigenvalue weighted by atomic mass is 10.0. The Kier molecular flexibility index (Phi) is 5.01. The molecule has 0 saturated carbocycles. The topological polar surface area (TPSA) is 74.6 Å². The second-order valence-corrected chi connectivity index (χ2v) is 7.68. The van der Waals surface area contributed by atoms with Gasteiger partial charge in [-0.15, -0.1) is 0 Å². The molecule has 0 amide bonds. The number of alkyl halides is 2. The van der Waals surface area contributed by atoms with E-state index < -0.39 is 6.43 Å². The van der Waals surface area contributed by atoms with E-state index in [9.17, 15) is 8.78 Å². The van der Waals surface area contributed by atoms with E-state index in [-0.39, 0.29) is 13.0 Å². The van der Waals surface area contributed by atoms with Crippen LogP contribution in [-0.4, -0.2) is 35.7 Å². The van der Waals surface area contributed by atoms with Crippen LogP contribution in [0.5, 0.6) is 0 Å². The van der Waals surface area contributed by atoms with Crippen LogP contribution in [0, 0.1) is 6.92 Å². The molecular formula is C23H20F2N6O. The molecule has 0 aliphatic carbocycles. The number of aryl methyl sites for hydroxylation is 3. The number of fused-ring (bicyclic) bond motifs is 1. The largest absolute Gasteiger partial charge is 0.436 e. The van der Waals surface area contributed by atoms with Crippen LogP contribution in [0.1, 0.15) is 12.0 Å². The van der Waals surface area contributed by atoms with Gasteiger partial charge in [0.15, 0.2) is 5.76 Å². The number of rotatable bonds is 6. The standard InChI is InChI=1S/C23H20F2N6O/c1-14-3-5-15(6-4-14)21-17(10-31(29-21)8-7-20(24)25)22-16-9-19(18-11-30(2)13-28-18)32-23(16)27-12-26-22/h3-6,9-13,20H,7-8H2,1-2H3. The molecule has 4 heterocycles. The highest BCUT2D eigenvalue weighted by atomic mass is 19.3. The minimum absolute atomic E-state index is 0.106. The maximum absolute atomic E-state index is 12.8. The van der Waals surface area contributed by atoms with Crippen molar-refractivity contribution in [3.8, 4) is 34.0 Å². The summed E-state index contributed by atoms with van der Waals surface area (Å²) in [4.78, 5) is 13.1. The van der Waals surface area contributed by atoms with Crippen molar-refractivity contribution in [1.29, 1.82) is 0 Å². The molecule has 7 nitrogen and oxygen atoms in total. The number of aromatic nitrogens is 6. The molecule has 0 fully saturated rings. The van der Waals surface area contributed by atoms with Gasteiger partial charge in [0, 0.05) is 43.5 Å². The Bertz CT molecular complexity index is 1380. The van der Waals surface area contributed by atoms with E-state index in [0.717, 1.165) is 16.7 Å². The Labute approximate surface area is 182 Å². The van der Waals surface area contributed by atoms with Gasteiger partial charge >= 0.3 is 0 Å². The van der Waals surface area contributed by atoms with Crippen LogP contribution in [-0.2, 0) is 13.6 Å². The van der Waals surface area contributed by atoms with Crippen LogP contribution in [0.15, 0.2) is 59.8 Å². The first-order valence-electron chi connectivity index (χ1n) is 10.1. The number of hydrogen-bond acceptors (Lipinski definition) is 5. The maximum Gasteiger partial charge on any atom is 0.240 e. The summed E-state index contributed by atoms with van der Waals surface area (Å²) in [5, 5.41) is 5.31. The summed E-state index contributed by atoms with van der Waals surface area (Å²) in [5.74, 6) is 0.573. The van der Waals surface area contributed by atoms with Crippen molar-refractivity contribution in [3.05, 3.63) is 60.9 Å². The highest BCUT2D eigenvalue weighted by Gasteiger charge is 2.20. The SMILES string of the molecule is Cc1ccc(-c2nn(CCC(F)F)cc2-c2ncnc3oc(-c4cn(C)cn4)cc23)cc1. The fraction of sp³-hybridized carbons (Fsp3) is 0.217. The lowest BCUT2D eigenvalue weighted by Gasteiger charge is -2.03. The van der Waals surface area contributed by atoms with Gasteiger partial charge in [-0.2, -0.15) is 5.10 Å². The second kappa shape index (κ2) is 7.99. The van der Waals surface area contributed by atoms with Crippen molar-refractivity contribution in [2.75, 3.05) is 0 Å². The zero-order valence-electron chi connectivity index (χ0n) is 17.5. The third kappa shape index (κ3) is 3.77. The van der Waals surface area contributed by atoms with Crippen molar-refractivity contribution in [2.24, 2.45) is 7.05 Å².